The largest absolute Gasteiger partial charge is 0.481 e. The fourth-order valence-corrected chi connectivity index (χ4v) is 5.03. The molecule has 1 heterocycles. The summed E-state index contributed by atoms with van der Waals surface area (Å²) in [5.41, 5.74) is 3.80. The van der Waals surface area contributed by atoms with E-state index in [2.05, 4.69) is 29.6 Å². The van der Waals surface area contributed by atoms with Crippen LogP contribution in [0, 0.1) is 5.41 Å². The maximum absolute atomic E-state index is 12.8. The number of amides is 2. The van der Waals surface area contributed by atoms with Crippen LogP contribution in [0.5, 0.6) is 0 Å². The molecule has 1 aliphatic heterocycles. The topological polar surface area (TPSA) is 95.9 Å². The van der Waals surface area contributed by atoms with Gasteiger partial charge in [0.1, 0.15) is 12.6 Å². The Morgan fingerprint density at radius 1 is 1.06 bits per heavy atom. The molecule has 7 nitrogen and oxygen atoms in total. The van der Waals surface area contributed by atoms with E-state index in [9.17, 15) is 19.5 Å². The molecule has 0 unspecified atom stereocenters. The van der Waals surface area contributed by atoms with Crippen molar-refractivity contribution in [1.82, 2.24) is 10.2 Å². The number of piperidine rings is 1. The van der Waals surface area contributed by atoms with Crippen molar-refractivity contribution in [3.8, 4) is 11.1 Å². The molecule has 0 saturated carbocycles. The Hall–Kier alpha value is -3.35. The molecule has 0 radical (unpaired) electrons. The van der Waals surface area contributed by atoms with Crippen molar-refractivity contribution in [3.05, 3.63) is 59.7 Å². The van der Waals surface area contributed by atoms with Crippen LogP contribution in [0.1, 0.15) is 50.2 Å². The highest BCUT2D eigenvalue weighted by molar-refractivity contribution is 5.86. The third kappa shape index (κ3) is 4.32. The SMILES string of the molecule is CCC1(C(=O)O)CCN(C(=O)[C@H](C)NC(=O)OCC2c3ccccc3-c3ccccc32)CC1. The van der Waals surface area contributed by atoms with Gasteiger partial charge in [-0.15, -0.1) is 0 Å². The van der Waals surface area contributed by atoms with E-state index in [0.29, 0.717) is 32.4 Å². The third-order valence-electron chi connectivity index (χ3n) is 7.21. The lowest BCUT2D eigenvalue weighted by molar-refractivity contribution is -0.154. The number of fused-ring (bicyclic) bond motifs is 3. The number of ether oxygens (including phenoxy) is 1. The number of carboxylic acids is 1. The molecular weight excluding hydrogens is 420 g/mol. The Balaban J connectivity index is 1.33. The van der Waals surface area contributed by atoms with E-state index >= 15 is 0 Å². The van der Waals surface area contributed by atoms with Gasteiger partial charge in [-0.1, -0.05) is 55.5 Å². The zero-order chi connectivity index (χ0) is 23.6. The van der Waals surface area contributed by atoms with Crippen LogP contribution in [0.15, 0.2) is 48.5 Å². The molecule has 0 aromatic heterocycles. The Morgan fingerprint density at radius 2 is 1.61 bits per heavy atom. The van der Waals surface area contributed by atoms with E-state index < -0.39 is 23.5 Å². The summed E-state index contributed by atoms with van der Waals surface area (Å²) in [6.07, 6.45) is 0.741. The van der Waals surface area contributed by atoms with Gasteiger partial charge in [0, 0.05) is 19.0 Å². The summed E-state index contributed by atoms with van der Waals surface area (Å²) < 4.78 is 5.53. The van der Waals surface area contributed by atoms with E-state index in [1.807, 2.05) is 31.2 Å². The maximum Gasteiger partial charge on any atom is 0.407 e. The minimum absolute atomic E-state index is 0.0468. The van der Waals surface area contributed by atoms with Crippen LogP contribution < -0.4 is 5.32 Å². The molecule has 2 N–H and O–H groups in total. The van der Waals surface area contributed by atoms with Crippen molar-refractivity contribution in [3.63, 3.8) is 0 Å². The van der Waals surface area contributed by atoms with E-state index in [0.717, 1.165) is 22.3 Å². The summed E-state index contributed by atoms with van der Waals surface area (Å²) in [6.45, 7) is 4.42. The van der Waals surface area contributed by atoms with Gasteiger partial charge in [0.05, 0.1) is 5.41 Å². The molecule has 1 fully saturated rings. The second kappa shape index (κ2) is 9.25. The fraction of sp³-hybridized carbons (Fsp3) is 0.423. The number of hydrogen-bond donors (Lipinski definition) is 2. The molecule has 2 amide bonds. The average molecular weight is 451 g/mol. The Labute approximate surface area is 193 Å². The van der Waals surface area contributed by atoms with Gasteiger partial charge in [0.25, 0.3) is 0 Å². The summed E-state index contributed by atoms with van der Waals surface area (Å²) in [6, 6.07) is 15.5. The number of nitrogens with one attached hydrogen (secondary N) is 1. The van der Waals surface area contributed by atoms with Crippen LogP contribution in [-0.4, -0.2) is 53.7 Å². The van der Waals surface area contributed by atoms with E-state index in [1.54, 1.807) is 11.8 Å². The number of carbonyl (C=O) groups excluding carboxylic acids is 2. The molecule has 7 heteroatoms. The lowest BCUT2D eigenvalue weighted by Gasteiger charge is -2.39. The van der Waals surface area contributed by atoms with Crippen molar-refractivity contribution in [1.29, 1.82) is 0 Å². The highest BCUT2D eigenvalue weighted by Gasteiger charge is 2.41. The van der Waals surface area contributed by atoms with Gasteiger partial charge in [0.15, 0.2) is 0 Å². The van der Waals surface area contributed by atoms with Gasteiger partial charge in [-0.05, 0) is 48.4 Å². The summed E-state index contributed by atoms with van der Waals surface area (Å²) in [5.74, 6) is -1.07. The van der Waals surface area contributed by atoms with Crippen LogP contribution in [0.4, 0.5) is 4.79 Å². The lowest BCUT2D eigenvalue weighted by atomic mass is 9.76. The molecule has 2 aromatic rings. The zero-order valence-electron chi connectivity index (χ0n) is 19.0. The Bertz CT molecular complexity index is 1010. The molecule has 33 heavy (non-hydrogen) atoms. The number of carboxylic acid groups (broad SMARTS) is 1. The number of hydrogen-bond acceptors (Lipinski definition) is 4. The van der Waals surface area contributed by atoms with Crippen LogP contribution in [0.2, 0.25) is 0 Å². The molecule has 174 valence electrons. The fourth-order valence-electron chi connectivity index (χ4n) is 5.03. The molecule has 1 saturated heterocycles. The van der Waals surface area contributed by atoms with Crippen LogP contribution in [0.3, 0.4) is 0 Å². The summed E-state index contributed by atoms with van der Waals surface area (Å²) in [5, 5.41) is 12.2. The van der Waals surface area contributed by atoms with Gasteiger partial charge >= 0.3 is 12.1 Å². The normalized spacial score (nSPS) is 17.6. The summed E-state index contributed by atoms with van der Waals surface area (Å²) in [4.78, 5) is 38.5. The highest BCUT2D eigenvalue weighted by Crippen LogP contribution is 2.44. The molecule has 2 aromatic carbocycles. The molecule has 1 aliphatic carbocycles. The number of rotatable bonds is 6. The standard InChI is InChI=1S/C26H30N2O5/c1-3-26(24(30)31)12-14-28(15-13-26)23(29)17(2)27-25(32)33-16-22-20-10-6-4-8-18(20)19-9-5-7-11-21(19)22/h4-11,17,22H,3,12-16H2,1-2H3,(H,27,32)(H,30,31)/t17-/m0/s1. The Kier molecular flexibility index (Phi) is 6.40. The highest BCUT2D eigenvalue weighted by atomic mass is 16.5. The smallest absolute Gasteiger partial charge is 0.407 e. The predicted octanol–water partition coefficient (Wildman–Crippen LogP) is 4.02. The lowest BCUT2D eigenvalue weighted by Crippen LogP contribution is -2.52. The first kappa shape index (κ1) is 22.8. The zero-order valence-corrected chi connectivity index (χ0v) is 19.0. The molecule has 4 rings (SSSR count). The first-order valence-corrected chi connectivity index (χ1v) is 11.5. The monoisotopic (exact) mass is 450 g/mol. The quantitative estimate of drug-likeness (QED) is 0.693. The van der Waals surface area contributed by atoms with Crippen molar-refractivity contribution in [2.75, 3.05) is 19.7 Å². The summed E-state index contributed by atoms with van der Waals surface area (Å²) in [7, 11) is 0. The van der Waals surface area contributed by atoms with E-state index in [1.165, 1.54) is 0 Å². The number of aliphatic carboxylic acids is 1. The van der Waals surface area contributed by atoms with E-state index in [-0.39, 0.29) is 18.4 Å². The van der Waals surface area contributed by atoms with E-state index in [4.69, 9.17) is 4.74 Å². The molecule has 0 spiro atoms. The Morgan fingerprint density at radius 3 is 2.12 bits per heavy atom. The van der Waals surface area contributed by atoms with Crippen LogP contribution in [0.25, 0.3) is 11.1 Å². The van der Waals surface area contributed by atoms with Crippen LogP contribution >= 0.6 is 0 Å². The number of nitrogens with zero attached hydrogens (tertiary/aromatic N) is 1. The second-order valence-corrected chi connectivity index (χ2v) is 8.96. The van der Waals surface area contributed by atoms with Crippen molar-refractivity contribution in [2.24, 2.45) is 5.41 Å². The first-order chi connectivity index (χ1) is 15.9. The van der Waals surface area contributed by atoms with Crippen molar-refractivity contribution >= 4 is 18.0 Å². The first-order valence-electron chi connectivity index (χ1n) is 11.5. The molecule has 0 bridgehead atoms. The minimum Gasteiger partial charge on any atom is -0.481 e. The summed E-state index contributed by atoms with van der Waals surface area (Å²) >= 11 is 0. The molecule has 1 atom stereocenters. The number of alkyl carbamates (subject to hydrolysis) is 1. The molecular formula is C26H30N2O5. The maximum atomic E-state index is 12.8. The van der Waals surface area contributed by atoms with Gasteiger partial charge in [-0.2, -0.15) is 0 Å². The number of benzene rings is 2. The molecule has 2 aliphatic rings. The van der Waals surface area contributed by atoms with Gasteiger partial charge in [-0.25, -0.2) is 4.79 Å². The average Bonchev–Trinajstić information content (AvgIpc) is 3.16. The van der Waals surface area contributed by atoms with Crippen molar-refractivity contribution in [2.45, 2.75) is 45.1 Å². The number of likely N-dealkylation sites (tertiary alicyclic amines) is 1. The third-order valence-corrected chi connectivity index (χ3v) is 7.21. The second-order valence-electron chi connectivity index (χ2n) is 8.96. The van der Waals surface area contributed by atoms with Crippen molar-refractivity contribution < 1.29 is 24.2 Å². The number of carbonyl (C=O) groups is 3. The predicted molar refractivity (Wildman–Crippen MR) is 124 cm³/mol. The minimum atomic E-state index is -0.804. The van der Waals surface area contributed by atoms with Gasteiger partial charge in [0.2, 0.25) is 5.91 Å². The van der Waals surface area contributed by atoms with Gasteiger partial charge in [-0.3, -0.25) is 9.59 Å². The van der Waals surface area contributed by atoms with Gasteiger partial charge < -0.3 is 20.1 Å². The van der Waals surface area contributed by atoms with Crippen LogP contribution in [-0.2, 0) is 14.3 Å².